The van der Waals surface area contributed by atoms with E-state index in [1.54, 1.807) is 37.1 Å². The summed E-state index contributed by atoms with van der Waals surface area (Å²) in [6.45, 7) is 9.95. The summed E-state index contributed by atoms with van der Waals surface area (Å²) in [5, 5.41) is 0. The first-order valence-corrected chi connectivity index (χ1v) is 12.9. The van der Waals surface area contributed by atoms with Gasteiger partial charge >= 0.3 is 0 Å². The smallest absolute Gasteiger partial charge is 0.255 e. The summed E-state index contributed by atoms with van der Waals surface area (Å²) >= 11 is 5.63. The zero-order chi connectivity index (χ0) is 20.4. The standard InChI is InChI=1S/C21H21NO2S4/c1-12-6-8-15(9-7-12)28(23,24)22-17-11-14(3)13(2)10-16(17)18-19(21(22,4)5)26-27-20(18)25/h6-11H,1-5H3. The van der Waals surface area contributed by atoms with Crippen LogP contribution < -0.4 is 4.31 Å². The molecule has 0 atom stereocenters. The van der Waals surface area contributed by atoms with Crippen LogP contribution in [-0.2, 0) is 15.6 Å². The molecule has 146 valence electrons. The van der Waals surface area contributed by atoms with Crippen molar-refractivity contribution in [1.82, 2.24) is 0 Å². The van der Waals surface area contributed by atoms with Crippen molar-refractivity contribution in [3.63, 3.8) is 0 Å². The van der Waals surface area contributed by atoms with Crippen LogP contribution >= 0.6 is 32.9 Å². The molecule has 0 radical (unpaired) electrons. The van der Waals surface area contributed by atoms with Gasteiger partial charge in [0.2, 0.25) is 0 Å². The lowest BCUT2D eigenvalue weighted by atomic mass is 9.88. The van der Waals surface area contributed by atoms with E-state index in [2.05, 4.69) is 6.07 Å². The molecule has 3 aromatic rings. The molecule has 0 bridgehead atoms. The summed E-state index contributed by atoms with van der Waals surface area (Å²) < 4.78 is 30.0. The highest BCUT2D eigenvalue weighted by molar-refractivity contribution is 7.93. The van der Waals surface area contributed by atoms with E-state index in [9.17, 15) is 8.42 Å². The predicted molar refractivity (Wildman–Crippen MR) is 122 cm³/mol. The van der Waals surface area contributed by atoms with E-state index in [4.69, 9.17) is 12.2 Å². The summed E-state index contributed by atoms with van der Waals surface area (Å²) in [5.41, 5.74) is 5.12. The summed E-state index contributed by atoms with van der Waals surface area (Å²) in [7, 11) is -0.629. The number of rotatable bonds is 2. The molecular weight excluding hydrogens is 427 g/mol. The van der Waals surface area contributed by atoms with Gasteiger partial charge in [0.1, 0.15) is 3.82 Å². The van der Waals surface area contributed by atoms with Crippen molar-refractivity contribution in [2.45, 2.75) is 45.1 Å². The Morgan fingerprint density at radius 2 is 1.57 bits per heavy atom. The van der Waals surface area contributed by atoms with E-state index in [1.165, 1.54) is 0 Å². The zero-order valence-corrected chi connectivity index (χ0v) is 19.6. The molecule has 2 aromatic carbocycles. The third-order valence-corrected chi connectivity index (χ3v) is 10.7. The largest absolute Gasteiger partial charge is 0.265 e. The predicted octanol–water partition coefficient (Wildman–Crippen LogP) is 6.58. The Morgan fingerprint density at radius 3 is 2.21 bits per heavy atom. The average Bonchev–Trinajstić information content (AvgIpc) is 3.00. The normalized spacial score (nSPS) is 15.2. The Morgan fingerprint density at radius 1 is 0.964 bits per heavy atom. The fourth-order valence-corrected chi connectivity index (χ4v) is 8.84. The van der Waals surface area contributed by atoms with Crippen LogP contribution in [0.25, 0.3) is 11.1 Å². The summed E-state index contributed by atoms with van der Waals surface area (Å²) in [5.74, 6) is 0. The zero-order valence-electron chi connectivity index (χ0n) is 16.4. The van der Waals surface area contributed by atoms with Crippen molar-refractivity contribution in [2.75, 3.05) is 4.31 Å². The molecule has 7 heteroatoms. The van der Waals surface area contributed by atoms with Crippen LogP contribution in [0.15, 0.2) is 41.3 Å². The van der Waals surface area contributed by atoms with Crippen LogP contribution in [0, 0.1) is 24.6 Å². The number of hydrogen-bond acceptors (Lipinski definition) is 5. The third kappa shape index (κ3) is 2.79. The monoisotopic (exact) mass is 447 g/mol. The van der Waals surface area contributed by atoms with E-state index >= 15 is 0 Å². The van der Waals surface area contributed by atoms with Crippen molar-refractivity contribution in [3.8, 4) is 11.1 Å². The first-order valence-electron chi connectivity index (χ1n) is 8.92. The van der Waals surface area contributed by atoms with Gasteiger partial charge in [0.25, 0.3) is 10.0 Å². The van der Waals surface area contributed by atoms with Crippen LogP contribution in [-0.4, -0.2) is 8.42 Å². The molecule has 2 heterocycles. The average molecular weight is 448 g/mol. The van der Waals surface area contributed by atoms with E-state index in [0.717, 1.165) is 36.5 Å². The van der Waals surface area contributed by atoms with Crippen LogP contribution in [0.3, 0.4) is 0 Å². The van der Waals surface area contributed by atoms with Gasteiger partial charge in [-0.15, -0.1) is 0 Å². The second kappa shape index (κ2) is 6.49. The number of sulfonamides is 1. The van der Waals surface area contributed by atoms with Crippen molar-refractivity contribution in [1.29, 1.82) is 0 Å². The molecule has 0 unspecified atom stereocenters. The molecule has 0 fully saturated rings. The maximum atomic E-state index is 13.8. The minimum atomic E-state index is -3.75. The molecule has 0 N–H and O–H groups in total. The minimum absolute atomic E-state index is 0.303. The number of benzene rings is 2. The molecule has 1 aliphatic heterocycles. The Labute approximate surface area is 178 Å². The topological polar surface area (TPSA) is 37.4 Å². The highest BCUT2D eigenvalue weighted by atomic mass is 32.9. The molecule has 4 rings (SSSR count). The molecule has 0 saturated heterocycles. The van der Waals surface area contributed by atoms with Crippen LogP contribution in [0.2, 0.25) is 0 Å². The van der Waals surface area contributed by atoms with E-state index in [1.807, 2.05) is 52.8 Å². The maximum absolute atomic E-state index is 13.8. The molecular formula is C21H21NO2S4. The summed E-state index contributed by atoms with van der Waals surface area (Å²) in [6, 6.07) is 11.1. The fraction of sp³-hybridized carbons (Fsp3) is 0.286. The number of hydrogen-bond donors (Lipinski definition) is 0. The van der Waals surface area contributed by atoms with Gasteiger partial charge in [-0.25, -0.2) is 8.42 Å². The molecule has 3 nitrogen and oxygen atoms in total. The maximum Gasteiger partial charge on any atom is 0.265 e. The lowest BCUT2D eigenvalue weighted by molar-refractivity contribution is 0.525. The van der Waals surface area contributed by atoms with Crippen LogP contribution in [0.4, 0.5) is 5.69 Å². The van der Waals surface area contributed by atoms with E-state index in [0.29, 0.717) is 10.6 Å². The molecule has 1 aliphatic rings. The lowest BCUT2D eigenvalue weighted by Crippen LogP contribution is -2.47. The molecule has 0 saturated carbocycles. The van der Waals surface area contributed by atoms with Crippen molar-refractivity contribution >= 4 is 48.6 Å². The number of nitrogens with zero attached hydrogens (tertiary/aromatic N) is 1. The Balaban J connectivity index is 2.07. The highest BCUT2D eigenvalue weighted by Crippen LogP contribution is 2.54. The van der Waals surface area contributed by atoms with Crippen molar-refractivity contribution in [2.24, 2.45) is 0 Å². The van der Waals surface area contributed by atoms with Crippen LogP contribution in [0.1, 0.15) is 35.4 Å². The van der Waals surface area contributed by atoms with Gasteiger partial charge in [0.15, 0.2) is 0 Å². The molecule has 0 spiro atoms. The highest BCUT2D eigenvalue weighted by Gasteiger charge is 2.46. The van der Waals surface area contributed by atoms with Gasteiger partial charge < -0.3 is 0 Å². The van der Waals surface area contributed by atoms with Gasteiger partial charge in [-0.05, 0) is 70.0 Å². The molecule has 1 aromatic heterocycles. The SMILES string of the molecule is Cc1ccc(S(=O)(=O)N2c3cc(C)c(C)cc3-c3c(ssc3=S)C2(C)C)cc1. The number of anilines is 1. The lowest BCUT2D eigenvalue weighted by Gasteiger charge is -2.43. The second-order valence-corrected chi connectivity index (χ2v) is 12.4. The Bertz CT molecular complexity index is 1250. The van der Waals surface area contributed by atoms with Crippen molar-refractivity contribution in [3.05, 3.63) is 61.8 Å². The number of aryl methyl sites for hydroxylation is 3. The van der Waals surface area contributed by atoms with Gasteiger partial charge in [0, 0.05) is 11.1 Å². The first-order chi connectivity index (χ1) is 13.0. The van der Waals surface area contributed by atoms with E-state index < -0.39 is 15.6 Å². The first kappa shape index (κ1) is 19.8. The van der Waals surface area contributed by atoms with Crippen LogP contribution in [0.5, 0.6) is 0 Å². The molecule has 28 heavy (non-hydrogen) atoms. The Kier molecular flexibility index (Phi) is 4.58. The summed E-state index contributed by atoms with van der Waals surface area (Å²) in [6.07, 6.45) is 0. The summed E-state index contributed by atoms with van der Waals surface area (Å²) in [4.78, 5) is 1.31. The fourth-order valence-electron chi connectivity index (χ4n) is 3.70. The van der Waals surface area contributed by atoms with Gasteiger partial charge in [-0.3, -0.25) is 4.31 Å². The second-order valence-electron chi connectivity index (χ2n) is 7.75. The molecule has 0 aliphatic carbocycles. The quantitative estimate of drug-likeness (QED) is 0.329. The number of fused-ring (bicyclic) bond motifs is 3. The van der Waals surface area contributed by atoms with Gasteiger partial charge in [-0.2, -0.15) is 0 Å². The van der Waals surface area contributed by atoms with Crippen molar-refractivity contribution < 1.29 is 8.42 Å². The van der Waals surface area contributed by atoms with Gasteiger partial charge in [-0.1, -0.05) is 50.6 Å². The molecule has 0 amide bonds. The third-order valence-electron chi connectivity index (χ3n) is 5.35. The van der Waals surface area contributed by atoms with E-state index in [-0.39, 0.29) is 0 Å². The Hall–Kier alpha value is -1.54. The minimum Gasteiger partial charge on any atom is -0.255 e. The van der Waals surface area contributed by atoms with Gasteiger partial charge in [0.05, 0.1) is 21.0 Å².